The molecule has 0 saturated heterocycles. The van der Waals surface area contributed by atoms with Gasteiger partial charge in [-0.1, -0.05) is 6.92 Å². The lowest BCUT2D eigenvalue weighted by atomic mass is 10.5. The first-order chi connectivity index (χ1) is 11.9. The molecule has 0 aromatic rings. The Hall–Kier alpha value is -0.753. The fourth-order valence-electron chi connectivity index (χ4n) is 2.15. The minimum absolute atomic E-state index is 0.398. The molecule has 0 aliphatic heterocycles. The number of carbonyl (C=O) groups excluding carboxylic acids is 1. The lowest BCUT2D eigenvalue weighted by Crippen LogP contribution is -2.64. The lowest BCUT2D eigenvalue weighted by Gasteiger charge is -2.35. The number of carbonyl (C=O) groups is 1. The molecular weight excluding hydrogens is 348 g/mol. The van der Waals surface area contributed by atoms with Crippen LogP contribution in [0, 0.1) is 0 Å². The number of hydroxylamine groups is 1. The van der Waals surface area contributed by atoms with Gasteiger partial charge in [0.05, 0.1) is 0 Å². The molecule has 3 atom stereocenters. The molecule has 0 spiro atoms. The van der Waals surface area contributed by atoms with Crippen molar-refractivity contribution in [3.05, 3.63) is 0 Å². The maximum absolute atomic E-state index is 12.2. The number of nitrogens with one attached hydrogen (secondary N) is 2. The molecule has 2 amide bonds. The number of rotatable bonds is 14. The normalized spacial score (nSPS) is 15.5. The number of urea groups is 1. The van der Waals surface area contributed by atoms with Crippen molar-refractivity contribution in [3.63, 3.8) is 0 Å². The van der Waals surface area contributed by atoms with E-state index in [2.05, 4.69) is 10.8 Å². The molecule has 2 N–H and O–H groups in total. The largest absolute Gasteiger partial charge is 0.524 e. The van der Waals surface area contributed by atoms with Gasteiger partial charge in [0.2, 0.25) is 0 Å². The van der Waals surface area contributed by atoms with Gasteiger partial charge in [-0.2, -0.15) is 0 Å². The van der Waals surface area contributed by atoms with Gasteiger partial charge in [-0.15, -0.1) is 0 Å². The Labute approximate surface area is 151 Å². The first kappa shape index (κ1) is 24.2. The fraction of sp³-hybridized carbons (Fsp3) is 0.933. The van der Waals surface area contributed by atoms with Gasteiger partial charge in [0, 0.05) is 26.9 Å². The molecular formula is C15H34N2O7Si. The summed E-state index contributed by atoms with van der Waals surface area (Å²) in [6.07, 6.45) is -0.530. The first-order valence-corrected chi connectivity index (χ1v) is 10.5. The average molecular weight is 383 g/mol. The summed E-state index contributed by atoms with van der Waals surface area (Å²) < 4.78 is 27.8. The molecule has 9 nitrogen and oxygen atoms in total. The second-order valence-electron chi connectivity index (χ2n) is 5.06. The smallest absolute Gasteiger partial charge is 0.373 e. The third kappa shape index (κ3) is 8.95. The standard InChI is InChI=1S/C15H34N2O7Si/c1-8-14(25(20-9-2,21-10-3)22-11-4)16-15(18)17-24-13(6)23-12(5)19-7/h12-14H,8-11H2,1-7H3,(H2,16,17,18). The van der Waals surface area contributed by atoms with Crippen molar-refractivity contribution < 1.29 is 32.4 Å². The zero-order valence-electron chi connectivity index (χ0n) is 16.4. The maximum atomic E-state index is 12.2. The zero-order valence-corrected chi connectivity index (χ0v) is 17.4. The Kier molecular flexibility index (Phi) is 13.0. The van der Waals surface area contributed by atoms with Crippen LogP contribution < -0.4 is 10.8 Å². The van der Waals surface area contributed by atoms with Gasteiger partial charge >= 0.3 is 14.8 Å². The van der Waals surface area contributed by atoms with Crippen LogP contribution >= 0.6 is 0 Å². The Morgan fingerprint density at radius 2 is 1.48 bits per heavy atom. The molecule has 0 saturated carbocycles. The van der Waals surface area contributed by atoms with Gasteiger partial charge in [-0.25, -0.2) is 15.1 Å². The first-order valence-electron chi connectivity index (χ1n) is 8.71. The third-order valence-electron chi connectivity index (χ3n) is 3.21. The van der Waals surface area contributed by atoms with Gasteiger partial charge in [-0.3, -0.25) is 0 Å². The second-order valence-corrected chi connectivity index (χ2v) is 7.83. The van der Waals surface area contributed by atoms with Gasteiger partial charge in [0.1, 0.15) is 5.67 Å². The third-order valence-corrected chi connectivity index (χ3v) is 6.69. The monoisotopic (exact) mass is 382 g/mol. The van der Waals surface area contributed by atoms with E-state index in [1.165, 1.54) is 7.11 Å². The molecule has 25 heavy (non-hydrogen) atoms. The summed E-state index contributed by atoms with van der Waals surface area (Å²) in [7, 11) is -1.54. The van der Waals surface area contributed by atoms with Crippen LogP contribution in [0.5, 0.6) is 0 Å². The molecule has 0 fully saturated rings. The van der Waals surface area contributed by atoms with Crippen LogP contribution in [-0.4, -0.2) is 60.0 Å². The molecule has 3 unspecified atom stereocenters. The van der Waals surface area contributed by atoms with Crippen molar-refractivity contribution >= 4 is 14.8 Å². The van der Waals surface area contributed by atoms with E-state index in [0.717, 1.165) is 0 Å². The Balaban J connectivity index is 4.76. The minimum atomic E-state index is -3.05. The molecule has 0 bridgehead atoms. The van der Waals surface area contributed by atoms with E-state index in [4.69, 9.17) is 27.6 Å². The lowest BCUT2D eigenvalue weighted by molar-refractivity contribution is -0.237. The van der Waals surface area contributed by atoms with Crippen LogP contribution in [0.15, 0.2) is 0 Å². The highest BCUT2D eigenvalue weighted by Crippen LogP contribution is 2.18. The topological polar surface area (TPSA) is 96.5 Å². The summed E-state index contributed by atoms with van der Waals surface area (Å²) in [5.41, 5.74) is 1.90. The van der Waals surface area contributed by atoms with Crippen LogP contribution in [-0.2, 0) is 27.6 Å². The fourth-order valence-corrected chi connectivity index (χ4v) is 5.02. The maximum Gasteiger partial charge on any atom is 0.524 e. The summed E-state index contributed by atoms with van der Waals surface area (Å²) in [5.74, 6) is 0. The van der Waals surface area contributed by atoms with Crippen LogP contribution in [0.4, 0.5) is 4.79 Å². The van der Waals surface area contributed by atoms with E-state index in [9.17, 15) is 4.79 Å². The van der Waals surface area contributed by atoms with E-state index >= 15 is 0 Å². The van der Waals surface area contributed by atoms with Crippen LogP contribution in [0.1, 0.15) is 48.0 Å². The van der Waals surface area contributed by atoms with Crippen LogP contribution in [0.3, 0.4) is 0 Å². The SMILES string of the molecule is CCO[Si](OCC)(OCC)C(CC)NC(=O)NOC(C)OC(C)OC. The number of hydrogen-bond acceptors (Lipinski definition) is 7. The van der Waals surface area contributed by atoms with Crippen LogP contribution in [0.25, 0.3) is 0 Å². The summed E-state index contributed by atoms with van der Waals surface area (Å²) in [6, 6.07) is -0.525. The minimum Gasteiger partial charge on any atom is -0.373 e. The van der Waals surface area contributed by atoms with Crippen molar-refractivity contribution in [1.29, 1.82) is 0 Å². The Morgan fingerprint density at radius 3 is 1.88 bits per heavy atom. The van der Waals surface area contributed by atoms with Crippen LogP contribution in [0.2, 0.25) is 0 Å². The van der Waals surface area contributed by atoms with Crippen molar-refractivity contribution in [2.75, 3.05) is 26.9 Å². The van der Waals surface area contributed by atoms with Gasteiger partial charge < -0.3 is 28.1 Å². The predicted molar refractivity (Wildman–Crippen MR) is 94.5 cm³/mol. The Bertz CT molecular complexity index is 346. The quantitative estimate of drug-likeness (QED) is 0.269. The predicted octanol–water partition coefficient (Wildman–Crippen LogP) is 1.94. The molecule has 0 aliphatic rings. The van der Waals surface area contributed by atoms with Crippen molar-refractivity contribution in [2.45, 2.75) is 66.2 Å². The van der Waals surface area contributed by atoms with E-state index in [1.807, 2.05) is 27.7 Å². The number of amides is 2. The molecule has 0 rings (SSSR count). The number of hydrogen-bond donors (Lipinski definition) is 2. The molecule has 150 valence electrons. The molecule has 0 aromatic carbocycles. The van der Waals surface area contributed by atoms with Gasteiger partial charge in [0.25, 0.3) is 0 Å². The van der Waals surface area contributed by atoms with E-state index in [1.54, 1.807) is 13.8 Å². The highest BCUT2D eigenvalue weighted by Gasteiger charge is 2.49. The average Bonchev–Trinajstić information content (AvgIpc) is 2.58. The molecule has 0 aromatic heterocycles. The Morgan fingerprint density at radius 1 is 0.960 bits per heavy atom. The highest BCUT2D eigenvalue weighted by atomic mass is 28.4. The van der Waals surface area contributed by atoms with Crippen molar-refractivity contribution in [2.24, 2.45) is 0 Å². The highest BCUT2D eigenvalue weighted by molar-refractivity contribution is 6.62. The zero-order chi connectivity index (χ0) is 19.3. The van der Waals surface area contributed by atoms with Crippen molar-refractivity contribution in [1.82, 2.24) is 10.8 Å². The summed E-state index contributed by atoms with van der Waals surface area (Å²) in [5, 5.41) is 2.81. The number of methoxy groups -OCH3 is 1. The van der Waals surface area contributed by atoms with E-state index < -0.39 is 33.1 Å². The van der Waals surface area contributed by atoms with E-state index in [-0.39, 0.29) is 0 Å². The second kappa shape index (κ2) is 13.5. The number of ether oxygens (including phenoxy) is 2. The summed E-state index contributed by atoms with van der Waals surface area (Å²) in [4.78, 5) is 17.3. The summed E-state index contributed by atoms with van der Waals surface area (Å²) in [6.45, 7) is 12.2. The van der Waals surface area contributed by atoms with Gasteiger partial charge in [0.15, 0.2) is 12.6 Å². The van der Waals surface area contributed by atoms with Gasteiger partial charge in [-0.05, 0) is 41.0 Å². The molecule has 0 aliphatic carbocycles. The molecule has 0 heterocycles. The molecule has 10 heteroatoms. The molecule has 0 radical (unpaired) electrons. The van der Waals surface area contributed by atoms with E-state index in [0.29, 0.717) is 26.2 Å². The summed E-state index contributed by atoms with van der Waals surface area (Å²) >= 11 is 0. The van der Waals surface area contributed by atoms with Crippen molar-refractivity contribution in [3.8, 4) is 0 Å².